The van der Waals surface area contributed by atoms with Crippen LogP contribution < -0.4 is 20.1 Å². The molecule has 2 amide bonds. The molecule has 0 saturated heterocycles. The molecule has 0 spiro atoms. The van der Waals surface area contributed by atoms with Gasteiger partial charge >= 0.3 is 0 Å². The highest BCUT2D eigenvalue weighted by Crippen LogP contribution is 2.29. The van der Waals surface area contributed by atoms with Crippen molar-refractivity contribution >= 4 is 17.5 Å². The highest BCUT2D eigenvalue weighted by Gasteiger charge is 2.25. The number of hydrogen-bond donors (Lipinski definition) is 2. The van der Waals surface area contributed by atoms with Crippen LogP contribution in [0.2, 0.25) is 0 Å². The van der Waals surface area contributed by atoms with Crippen molar-refractivity contribution in [2.45, 2.75) is 32.7 Å². The number of benzene rings is 2. The average molecular weight is 450 g/mol. The predicted molar refractivity (Wildman–Crippen MR) is 123 cm³/mol. The third-order valence-electron chi connectivity index (χ3n) is 5.84. The molecule has 1 aromatic heterocycles. The fourth-order valence-corrected chi connectivity index (χ4v) is 3.58. The molecule has 1 saturated carbocycles. The summed E-state index contributed by atoms with van der Waals surface area (Å²) in [5, 5.41) is 5.80. The van der Waals surface area contributed by atoms with Crippen LogP contribution in [0, 0.1) is 12.8 Å². The molecule has 33 heavy (non-hydrogen) atoms. The van der Waals surface area contributed by atoms with Crippen LogP contribution in [0.4, 0.5) is 5.69 Å². The Morgan fingerprint density at radius 1 is 1.09 bits per heavy atom. The van der Waals surface area contributed by atoms with E-state index in [9.17, 15) is 9.59 Å². The molecule has 1 aliphatic carbocycles. The van der Waals surface area contributed by atoms with E-state index in [0.29, 0.717) is 34.4 Å². The Hall–Kier alpha value is -3.81. The van der Waals surface area contributed by atoms with Gasteiger partial charge in [0.25, 0.3) is 5.91 Å². The Bertz CT molecular complexity index is 1150. The quantitative estimate of drug-likeness (QED) is 0.530. The molecule has 8 nitrogen and oxygen atoms in total. The molecule has 0 unspecified atom stereocenters. The van der Waals surface area contributed by atoms with Crippen LogP contribution in [0.3, 0.4) is 0 Å². The van der Waals surface area contributed by atoms with Gasteiger partial charge < -0.3 is 24.5 Å². The first-order valence-electron chi connectivity index (χ1n) is 10.9. The summed E-state index contributed by atoms with van der Waals surface area (Å²) in [7, 11) is 3.05. The van der Waals surface area contributed by atoms with E-state index in [-0.39, 0.29) is 24.3 Å². The second-order valence-corrected chi connectivity index (χ2v) is 7.97. The number of nitrogens with one attached hydrogen (secondary N) is 2. The van der Waals surface area contributed by atoms with Crippen LogP contribution in [0.5, 0.6) is 11.5 Å². The van der Waals surface area contributed by atoms with Crippen LogP contribution >= 0.6 is 0 Å². The first kappa shape index (κ1) is 22.4. The molecule has 2 N–H and O–H groups in total. The Balaban J connectivity index is 1.41. The number of carbonyl (C=O) groups excluding carboxylic acids is 2. The van der Waals surface area contributed by atoms with E-state index in [0.717, 1.165) is 30.5 Å². The van der Waals surface area contributed by atoms with E-state index in [1.807, 2.05) is 24.3 Å². The first-order valence-corrected chi connectivity index (χ1v) is 10.9. The third-order valence-corrected chi connectivity index (χ3v) is 5.84. The summed E-state index contributed by atoms with van der Waals surface area (Å²) in [6.45, 7) is 2.00. The number of nitrogens with zero attached hydrogens (tertiary/aromatic N) is 1. The van der Waals surface area contributed by atoms with Crippen LogP contribution in [0.25, 0.3) is 11.5 Å². The van der Waals surface area contributed by atoms with Crippen LogP contribution in [0.15, 0.2) is 46.9 Å². The van der Waals surface area contributed by atoms with Gasteiger partial charge in [-0.2, -0.15) is 0 Å². The lowest BCUT2D eigenvalue weighted by Crippen LogP contribution is -2.27. The summed E-state index contributed by atoms with van der Waals surface area (Å²) in [5.74, 6) is 1.99. The molecule has 1 heterocycles. The van der Waals surface area contributed by atoms with E-state index in [2.05, 4.69) is 15.6 Å². The zero-order valence-electron chi connectivity index (χ0n) is 18.9. The number of rotatable bonds is 8. The number of aryl methyl sites for hydroxylation is 1. The molecular formula is C25H27N3O5. The summed E-state index contributed by atoms with van der Waals surface area (Å²) >= 11 is 0. The van der Waals surface area contributed by atoms with Crippen LogP contribution in [-0.2, 0) is 11.3 Å². The number of methoxy groups -OCH3 is 2. The highest BCUT2D eigenvalue weighted by molar-refractivity contribution is 5.97. The lowest BCUT2D eigenvalue weighted by molar-refractivity contribution is -0.122. The second-order valence-electron chi connectivity index (χ2n) is 7.97. The number of oxazole rings is 1. The van der Waals surface area contributed by atoms with Crippen molar-refractivity contribution in [3.63, 3.8) is 0 Å². The van der Waals surface area contributed by atoms with Crippen molar-refractivity contribution < 1.29 is 23.5 Å². The van der Waals surface area contributed by atoms with Gasteiger partial charge in [0.2, 0.25) is 11.8 Å². The number of hydrogen-bond acceptors (Lipinski definition) is 6. The maximum atomic E-state index is 12.7. The summed E-state index contributed by atoms with van der Waals surface area (Å²) in [6.07, 6.45) is 3.04. The van der Waals surface area contributed by atoms with E-state index in [4.69, 9.17) is 13.9 Å². The van der Waals surface area contributed by atoms with Gasteiger partial charge in [0.05, 0.1) is 26.3 Å². The topological polar surface area (TPSA) is 103 Å². The van der Waals surface area contributed by atoms with E-state index in [1.165, 1.54) is 7.11 Å². The molecule has 8 heteroatoms. The average Bonchev–Trinajstić information content (AvgIpc) is 3.16. The van der Waals surface area contributed by atoms with Gasteiger partial charge in [-0.15, -0.1) is 0 Å². The summed E-state index contributed by atoms with van der Waals surface area (Å²) in [5.41, 5.74) is 2.53. The van der Waals surface area contributed by atoms with Gasteiger partial charge in [0, 0.05) is 17.2 Å². The molecule has 0 radical (unpaired) electrons. The molecule has 4 rings (SSSR count). The van der Waals surface area contributed by atoms with Crippen molar-refractivity contribution in [3.8, 4) is 23.0 Å². The number of aromatic nitrogens is 1. The second kappa shape index (κ2) is 9.77. The minimum absolute atomic E-state index is 0.0756. The minimum Gasteiger partial charge on any atom is -0.497 e. The normalized spacial score (nSPS) is 13.2. The largest absolute Gasteiger partial charge is 0.497 e. The van der Waals surface area contributed by atoms with Crippen LogP contribution in [-0.4, -0.2) is 31.0 Å². The van der Waals surface area contributed by atoms with Gasteiger partial charge in [-0.05, 0) is 62.2 Å². The fourth-order valence-electron chi connectivity index (χ4n) is 3.58. The molecule has 3 aromatic rings. The first-order chi connectivity index (χ1) is 16.0. The number of carbonyl (C=O) groups is 2. The summed E-state index contributed by atoms with van der Waals surface area (Å²) in [6, 6.07) is 12.4. The van der Waals surface area contributed by atoms with Crippen molar-refractivity contribution in [2.75, 3.05) is 19.5 Å². The summed E-state index contributed by atoms with van der Waals surface area (Å²) in [4.78, 5) is 29.4. The molecule has 0 atom stereocenters. The molecule has 172 valence electrons. The van der Waals surface area contributed by atoms with Crippen LogP contribution in [0.1, 0.15) is 41.1 Å². The SMILES string of the molecule is COc1ccc(OC)c(C(=O)NCc2nc(-c3ccc(NC(=O)C4CCC4)cc3)oc2C)c1. The van der Waals surface area contributed by atoms with Gasteiger partial charge in [-0.25, -0.2) is 4.98 Å². The Labute approximate surface area is 192 Å². The zero-order chi connectivity index (χ0) is 23.4. The lowest BCUT2D eigenvalue weighted by atomic mass is 9.85. The number of ether oxygens (including phenoxy) is 2. The monoisotopic (exact) mass is 449 g/mol. The zero-order valence-corrected chi connectivity index (χ0v) is 18.9. The number of anilines is 1. The van der Waals surface area contributed by atoms with Crippen molar-refractivity contribution in [2.24, 2.45) is 5.92 Å². The lowest BCUT2D eigenvalue weighted by Gasteiger charge is -2.24. The maximum absolute atomic E-state index is 12.7. The van der Waals surface area contributed by atoms with Crippen molar-refractivity contribution in [1.82, 2.24) is 10.3 Å². The maximum Gasteiger partial charge on any atom is 0.255 e. The third kappa shape index (κ3) is 5.00. The molecule has 2 aromatic carbocycles. The molecule has 0 aliphatic heterocycles. The molecular weight excluding hydrogens is 422 g/mol. The Morgan fingerprint density at radius 3 is 2.48 bits per heavy atom. The summed E-state index contributed by atoms with van der Waals surface area (Å²) < 4.78 is 16.3. The van der Waals surface area contributed by atoms with Gasteiger partial charge in [-0.1, -0.05) is 6.42 Å². The van der Waals surface area contributed by atoms with E-state index >= 15 is 0 Å². The van der Waals surface area contributed by atoms with Crippen molar-refractivity contribution in [1.29, 1.82) is 0 Å². The predicted octanol–water partition coefficient (Wildman–Crippen LogP) is 4.34. The fraction of sp³-hybridized carbons (Fsp3) is 0.320. The van der Waals surface area contributed by atoms with Crippen molar-refractivity contribution in [3.05, 3.63) is 59.5 Å². The number of amides is 2. The standard InChI is InChI=1S/C25H27N3O5/c1-15-21(14-26-24(30)20-13-19(31-2)11-12-22(20)32-3)28-25(33-15)17-7-9-18(10-8-17)27-23(29)16-5-4-6-16/h7-13,16H,4-6,14H2,1-3H3,(H,26,30)(H,27,29). The smallest absolute Gasteiger partial charge is 0.255 e. The Morgan fingerprint density at radius 2 is 1.85 bits per heavy atom. The molecule has 1 aliphatic rings. The van der Waals surface area contributed by atoms with Gasteiger partial charge in [0.1, 0.15) is 23.0 Å². The Kier molecular flexibility index (Phi) is 6.63. The highest BCUT2D eigenvalue weighted by atomic mass is 16.5. The van der Waals surface area contributed by atoms with E-state index < -0.39 is 0 Å². The molecule has 1 fully saturated rings. The van der Waals surface area contributed by atoms with Gasteiger partial charge in [-0.3, -0.25) is 9.59 Å². The molecule has 0 bridgehead atoms. The van der Waals surface area contributed by atoms with Gasteiger partial charge in [0.15, 0.2) is 0 Å². The van der Waals surface area contributed by atoms with E-state index in [1.54, 1.807) is 32.2 Å². The minimum atomic E-state index is -0.304.